The van der Waals surface area contributed by atoms with E-state index in [0.717, 1.165) is 30.6 Å². The van der Waals surface area contributed by atoms with Gasteiger partial charge in [0.2, 0.25) is 0 Å². The Bertz CT molecular complexity index is 696. The van der Waals surface area contributed by atoms with Gasteiger partial charge in [-0.05, 0) is 49.4 Å². The minimum absolute atomic E-state index is 0.0497. The third kappa shape index (κ3) is 3.60. The molecule has 2 aliphatic carbocycles. The lowest BCUT2D eigenvalue weighted by molar-refractivity contribution is -0.123. The summed E-state index contributed by atoms with van der Waals surface area (Å²) in [5, 5.41) is 0. The third-order valence-corrected chi connectivity index (χ3v) is 8.08. The number of fused-ring (bicyclic) bond motifs is 1. The zero-order valence-corrected chi connectivity index (χ0v) is 17.0. The zero-order valence-electron chi connectivity index (χ0n) is 17.0. The van der Waals surface area contributed by atoms with Gasteiger partial charge in [0.25, 0.3) is 0 Å². The van der Waals surface area contributed by atoms with Crippen LogP contribution in [-0.2, 0) is 9.53 Å². The van der Waals surface area contributed by atoms with Gasteiger partial charge in [0.05, 0.1) is 5.92 Å². The molecule has 0 aromatic heterocycles. The second kappa shape index (κ2) is 7.45. The molecule has 1 aliphatic heterocycles. The van der Waals surface area contributed by atoms with Gasteiger partial charge in [-0.2, -0.15) is 0 Å². The van der Waals surface area contributed by atoms with E-state index >= 15 is 0 Å². The van der Waals surface area contributed by atoms with E-state index < -0.39 is 0 Å². The molecule has 0 amide bonds. The van der Waals surface area contributed by atoms with E-state index in [9.17, 15) is 4.79 Å². The summed E-state index contributed by atoms with van der Waals surface area (Å²) in [5.41, 5.74) is 1.76. The molecule has 3 aliphatic rings. The Balaban J connectivity index is 1.53. The Morgan fingerprint density at radius 2 is 1.48 bits per heavy atom. The number of ether oxygens (including phenoxy) is 1. The minimum Gasteiger partial charge on any atom is -0.489 e. The summed E-state index contributed by atoms with van der Waals surface area (Å²) in [6.07, 6.45) is 14.4. The predicted molar refractivity (Wildman–Crippen MR) is 110 cm³/mol. The standard InChI is InChI=1S/C25H34O2/c1-24(14-8-3-4-9-15-24)25(2)16-12-20-21(26)18-23(27-22(20)13-17-25)19-10-6-5-7-11-19/h5-7,10-11,18,20,22H,3-4,8-9,12-17H2,1-2H3. The molecule has 0 saturated heterocycles. The van der Waals surface area contributed by atoms with Gasteiger partial charge in [0.15, 0.2) is 5.78 Å². The molecule has 27 heavy (non-hydrogen) atoms. The quantitative estimate of drug-likeness (QED) is 0.555. The van der Waals surface area contributed by atoms with Crippen LogP contribution < -0.4 is 0 Å². The molecule has 1 aromatic carbocycles. The summed E-state index contributed by atoms with van der Waals surface area (Å²) in [7, 11) is 0. The third-order valence-electron chi connectivity index (χ3n) is 8.08. The second-order valence-electron chi connectivity index (χ2n) is 9.65. The molecule has 1 aromatic rings. The zero-order chi connectivity index (χ0) is 18.9. The van der Waals surface area contributed by atoms with Crippen molar-refractivity contribution in [2.75, 3.05) is 0 Å². The Hall–Kier alpha value is -1.57. The molecule has 0 radical (unpaired) electrons. The highest BCUT2D eigenvalue weighted by Crippen LogP contribution is 2.56. The van der Waals surface area contributed by atoms with Gasteiger partial charge < -0.3 is 4.74 Å². The molecule has 146 valence electrons. The summed E-state index contributed by atoms with van der Waals surface area (Å²) < 4.78 is 6.41. The molecule has 3 atom stereocenters. The molecule has 2 nitrogen and oxygen atoms in total. The van der Waals surface area contributed by atoms with E-state index in [0.29, 0.717) is 10.8 Å². The number of allylic oxidation sites excluding steroid dienone is 1. The molecule has 2 saturated carbocycles. The van der Waals surface area contributed by atoms with E-state index in [2.05, 4.69) is 13.8 Å². The first-order chi connectivity index (χ1) is 13.0. The van der Waals surface area contributed by atoms with Crippen molar-refractivity contribution < 1.29 is 9.53 Å². The first-order valence-electron chi connectivity index (χ1n) is 11.0. The Labute approximate surface area is 164 Å². The van der Waals surface area contributed by atoms with Crippen molar-refractivity contribution in [3.05, 3.63) is 42.0 Å². The molecular formula is C25H34O2. The Kier molecular flexibility index (Phi) is 5.18. The number of benzene rings is 1. The van der Waals surface area contributed by atoms with Crippen molar-refractivity contribution in [1.82, 2.24) is 0 Å². The average molecular weight is 367 g/mol. The first-order valence-corrected chi connectivity index (χ1v) is 11.0. The highest BCUT2D eigenvalue weighted by molar-refractivity contribution is 5.98. The molecule has 1 heterocycles. The summed E-state index contributed by atoms with van der Waals surface area (Å²) in [4.78, 5) is 12.9. The van der Waals surface area contributed by atoms with Crippen molar-refractivity contribution in [3.63, 3.8) is 0 Å². The van der Waals surface area contributed by atoms with Crippen molar-refractivity contribution in [1.29, 1.82) is 0 Å². The maximum Gasteiger partial charge on any atom is 0.166 e. The van der Waals surface area contributed by atoms with Gasteiger partial charge in [-0.3, -0.25) is 4.79 Å². The maximum atomic E-state index is 12.9. The van der Waals surface area contributed by atoms with E-state index in [1.807, 2.05) is 30.3 Å². The van der Waals surface area contributed by atoms with Gasteiger partial charge in [-0.25, -0.2) is 0 Å². The van der Waals surface area contributed by atoms with Crippen LogP contribution in [0.1, 0.15) is 83.6 Å². The lowest BCUT2D eigenvalue weighted by atomic mass is 9.58. The Morgan fingerprint density at radius 1 is 0.852 bits per heavy atom. The van der Waals surface area contributed by atoms with E-state index in [4.69, 9.17) is 4.74 Å². The SMILES string of the molecule is CC1(C2(C)CCC3OC(c4ccccc4)=CC(=O)C3CC2)CCCCCC1. The molecule has 2 fully saturated rings. The number of carbonyl (C=O) groups is 1. The fraction of sp³-hybridized carbons (Fsp3) is 0.640. The molecule has 4 rings (SSSR count). The molecule has 3 unspecified atom stereocenters. The second-order valence-corrected chi connectivity index (χ2v) is 9.65. The minimum atomic E-state index is 0.0497. The van der Waals surface area contributed by atoms with Gasteiger partial charge in [-0.1, -0.05) is 69.9 Å². The van der Waals surface area contributed by atoms with E-state index in [1.54, 1.807) is 6.08 Å². The van der Waals surface area contributed by atoms with E-state index in [-0.39, 0.29) is 17.8 Å². The predicted octanol–water partition coefficient (Wildman–Crippen LogP) is 6.55. The first kappa shape index (κ1) is 18.8. The fourth-order valence-electron chi connectivity index (χ4n) is 5.82. The lowest BCUT2D eigenvalue weighted by Gasteiger charge is -2.47. The number of carbonyl (C=O) groups excluding carboxylic acids is 1. The van der Waals surface area contributed by atoms with Crippen LogP contribution in [0, 0.1) is 16.7 Å². The summed E-state index contributed by atoms with van der Waals surface area (Å²) in [6.45, 7) is 5.04. The van der Waals surface area contributed by atoms with Crippen molar-refractivity contribution >= 4 is 11.5 Å². The highest BCUT2D eigenvalue weighted by atomic mass is 16.5. The van der Waals surface area contributed by atoms with Gasteiger partial charge in [0, 0.05) is 11.6 Å². The maximum absolute atomic E-state index is 12.9. The largest absolute Gasteiger partial charge is 0.489 e. The van der Waals surface area contributed by atoms with Crippen LogP contribution in [-0.4, -0.2) is 11.9 Å². The van der Waals surface area contributed by atoms with Crippen molar-refractivity contribution in [3.8, 4) is 0 Å². The average Bonchev–Trinajstić information content (AvgIpc) is 3.01. The van der Waals surface area contributed by atoms with Crippen LogP contribution in [0.5, 0.6) is 0 Å². The summed E-state index contributed by atoms with van der Waals surface area (Å²) >= 11 is 0. The van der Waals surface area contributed by atoms with E-state index in [1.165, 1.54) is 44.9 Å². The number of rotatable bonds is 2. The Morgan fingerprint density at radius 3 is 2.19 bits per heavy atom. The highest BCUT2D eigenvalue weighted by Gasteiger charge is 2.48. The lowest BCUT2D eigenvalue weighted by Crippen LogP contribution is -2.37. The van der Waals surface area contributed by atoms with Gasteiger partial charge in [-0.15, -0.1) is 0 Å². The van der Waals surface area contributed by atoms with Crippen LogP contribution in [0.15, 0.2) is 36.4 Å². The number of hydrogen-bond acceptors (Lipinski definition) is 2. The summed E-state index contributed by atoms with van der Waals surface area (Å²) in [6, 6.07) is 10.1. The van der Waals surface area contributed by atoms with Gasteiger partial charge >= 0.3 is 0 Å². The van der Waals surface area contributed by atoms with Crippen LogP contribution in [0.25, 0.3) is 5.76 Å². The van der Waals surface area contributed by atoms with Crippen LogP contribution in [0.3, 0.4) is 0 Å². The van der Waals surface area contributed by atoms with Crippen LogP contribution in [0.4, 0.5) is 0 Å². The van der Waals surface area contributed by atoms with Crippen LogP contribution >= 0.6 is 0 Å². The molecule has 0 N–H and O–H groups in total. The van der Waals surface area contributed by atoms with Gasteiger partial charge in [0.1, 0.15) is 11.9 Å². The normalized spacial score (nSPS) is 33.9. The monoisotopic (exact) mass is 366 g/mol. The molecule has 2 heteroatoms. The van der Waals surface area contributed by atoms with Crippen molar-refractivity contribution in [2.24, 2.45) is 16.7 Å². The molecule has 0 spiro atoms. The molecule has 0 bridgehead atoms. The fourth-order valence-corrected chi connectivity index (χ4v) is 5.82. The number of ketones is 1. The molecular weight excluding hydrogens is 332 g/mol. The number of hydrogen-bond donors (Lipinski definition) is 0. The topological polar surface area (TPSA) is 26.3 Å². The van der Waals surface area contributed by atoms with Crippen LogP contribution in [0.2, 0.25) is 0 Å². The van der Waals surface area contributed by atoms with Crippen molar-refractivity contribution in [2.45, 2.75) is 84.2 Å². The summed E-state index contributed by atoms with van der Waals surface area (Å²) in [5.74, 6) is 1.10. The smallest absolute Gasteiger partial charge is 0.166 e.